The Morgan fingerprint density at radius 1 is 1.27 bits per heavy atom. The van der Waals surface area contributed by atoms with Crippen molar-refractivity contribution in [2.24, 2.45) is 5.92 Å². The molecule has 0 aromatic carbocycles. The number of hydrogen-bond donors (Lipinski definition) is 3. The van der Waals surface area contributed by atoms with Crippen molar-refractivity contribution >= 4 is 5.91 Å². The van der Waals surface area contributed by atoms with E-state index in [0.717, 1.165) is 38.2 Å². The number of aromatic nitrogens is 5. The van der Waals surface area contributed by atoms with Gasteiger partial charge in [-0.2, -0.15) is 5.10 Å². The van der Waals surface area contributed by atoms with Crippen LogP contribution in [0.2, 0.25) is 0 Å². The maximum absolute atomic E-state index is 12.4. The molecule has 3 N–H and O–H groups in total. The fourth-order valence-electron chi connectivity index (χ4n) is 3.96. The first-order chi connectivity index (χ1) is 12.8. The number of carbonyl (C=O) groups excluding carboxylic acids is 1. The van der Waals surface area contributed by atoms with E-state index in [9.17, 15) is 4.79 Å². The lowest BCUT2D eigenvalue weighted by molar-refractivity contribution is 0.0945. The number of amides is 1. The molecule has 8 heteroatoms. The summed E-state index contributed by atoms with van der Waals surface area (Å²) < 4.78 is 1.78. The van der Waals surface area contributed by atoms with Gasteiger partial charge in [-0.05, 0) is 63.1 Å². The van der Waals surface area contributed by atoms with Gasteiger partial charge < -0.3 is 10.6 Å². The molecule has 3 heterocycles. The highest BCUT2D eigenvalue weighted by Crippen LogP contribution is 2.21. The number of hydrogen-bond acceptors (Lipinski definition) is 5. The number of nitrogens with one attached hydrogen (secondary N) is 3. The second kappa shape index (κ2) is 7.99. The number of rotatable bonds is 5. The molecule has 140 valence electrons. The van der Waals surface area contributed by atoms with Gasteiger partial charge in [-0.1, -0.05) is 11.6 Å². The van der Waals surface area contributed by atoms with Crippen LogP contribution in [0.3, 0.4) is 0 Å². The first-order valence-corrected chi connectivity index (χ1v) is 9.73. The second-order valence-electron chi connectivity index (χ2n) is 7.41. The number of aryl methyl sites for hydroxylation is 1. The van der Waals surface area contributed by atoms with E-state index in [1.807, 2.05) is 0 Å². The third kappa shape index (κ3) is 3.95. The quantitative estimate of drug-likeness (QED) is 0.698. The molecule has 0 radical (unpaired) electrons. The fourth-order valence-corrected chi connectivity index (χ4v) is 3.96. The highest BCUT2D eigenvalue weighted by molar-refractivity contribution is 5.91. The minimum absolute atomic E-state index is 0.191. The van der Waals surface area contributed by atoms with E-state index in [4.69, 9.17) is 0 Å². The zero-order valence-electron chi connectivity index (χ0n) is 15.1. The molecular weight excluding hydrogens is 330 g/mol. The smallest absolute Gasteiger partial charge is 0.273 e. The van der Waals surface area contributed by atoms with E-state index in [2.05, 4.69) is 31.1 Å². The number of H-pyrrole nitrogens is 1. The van der Waals surface area contributed by atoms with Crippen molar-refractivity contribution in [3.05, 3.63) is 28.8 Å². The summed E-state index contributed by atoms with van der Waals surface area (Å²) in [6.45, 7) is 3.34. The normalized spacial score (nSPS) is 20.4. The first-order valence-electron chi connectivity index (χ1n) is 9.73. The lowest BCUT2D eigenvalue weighted by Crippen LogP contribution is -2.32. The van der Waals surface area contributed by atoms with Gasteiger partial charge in [0.05, 0.1) is 18.4 Å². The van der Waals surface area contributed by atoms with Gasteiger partial charge in [0.25, 0.3) is 5.91 Å². The summed E-state index contributed by atoms with van der Waals surface area (Å²) in [5.41, 5.74) is 3.85. The van der Waals surface area contributed by atoms with Crippen molar-refractivity contribution in [3.63, 3.8) is 0 Å². The molecule has 0 bridgehead atoms. The molecule has 2 aromatic heterocycles. The van der Waals surface area contributed by atoms with Crippen molar-refractivity contribution in [1.29, 1.82) is 0 Å². The molecule has 1 aliphatic carbocycles. The highest BCUT2D eigenvalue weighted by Gasteiger charge is 2.18. The lowest BCUT2D eigenvalue weighted by atomic mass is 10.00. The summed E-state index contributed by atoms with van der Waals surface area (Å²) in [5.74, 6) is 0.365. The van der Waals surface area contributed by atoms with Crippen LogP contribution in [-0.2, 0) is 25.9 Å². The Hall–Kier alpha value is -2.22. The molecule has 4 rings (SSSR count). The maximum Gasteiger partial charge on any atom is 0.273 e. The number of carbonyl (C=O) groups is 1. The third-order valence-electron chi connectivity index (χ3n) is 5.42. The van der Waals surface area contributed by atoms with Crippen LogP contribution in [0.4, 0.5) is 0 Å². The van der Waals surface area contributed by atoms with E-state index in [-0.39, 0.29) is 5.91 Å². The SMILES string of the molecule is O=C(NCc1n[nH]c2c1CCCCC2)c1cn(CC2CCCNC2)nn1. The van der Waals surface area contributed by atoms with Gasteiger partial charge in [0.15, 0.2) is 5.69 Å². The molecule has 2 aromatic rings. The van der Waals surface area contributed by atoms with Crippen LogP contribution in [0.25, 0.3) is 0 Å². The van der Waals surface area contributed by atoms with Gasteiger partial charge in [0.1, 0.15) is 0 Å². The third-order valence-corrected chi connectivity index (χ3v) is 5.42. The van der Waals surface area contributed by atoms with E-state index in [0.29, 0.717) is 18.2 Å². The number of aromatic amines is 1. The zero-order valence-corrected chi connectivity index (χ0v) is 15.1. The Morgan fingerprint density at radius 2 is 2.19 bits per heavy atom. The molecule has 0 spiro atoms. The molecule has 1 aliphatic heterocycles. The molecule has 8 nitrogen and oxygen atoms in total. The Labute approximate surface area is 153 Å². The second-order valence-corrected chi connectivity index (χ2v) is 7.41. The van der Waals surface area contributed by atoms with Crippen LogP contribution in [0.15, 0.2) is 6.20 Å². The fraction of sp³-hybridized carbons (Fsp3) is 0.667. The van der Waals surface area contributed by atoms with Gasteiger partial charge >= 0.3 is 0 Å². The van der Waals surface area contributed by atoms with Crippen molar-refractivity contribution in [2.45, 2.75) is 58.0 Å². The molecule has 1 amide bonds. The van der Waals surface area contributed by atoms with Gasteiger partial charge in [-0.15, -0.1) is 5.10 Å². The van der Waals surface area contributed by atoms with Crippen LogP contribution >= 0.6 is 0 Å². The number of piperidine rings is 1. The predicted molar refractivity (Wildman–Crippen MR) is 96.6 cm³/mol. The Balaban J connectivity index is 1.33. The number of nitrogens with zero attached hydrogens (tertiary/aromatic N) is 4. The van der Waals surface area contributed by atoms with Crippen molar-refractivity contribution in [2.75, 3.05) is 13.1 Å². The minimum atomic E-state index is -0.191. The lowest BCUT2D eigenvalue weighted by Gasteiger charge is -2.22. The largest absolute Gasteiger partial charge is 0.345 e. The summed E-state index contributed by atoms with van der Waals surface area (Å²) in [7, 11) is 0. The molecular formula is C18H27N7O. The molecule has 1 saturated heterocycles. The van der Waals surface area contributed by atoms with E-state index >= 15 is 0 Å². The Bertz CT molecular complexity index is 745. The standard InChI is InChI=1S/C18H27N7O/c26-18(17-12-25(24-23-17)11-13-5-4-8-19-9-13)20-10-16-14-6-2-1-3-7-15(14)21-22-16/h12-13,19H,1-11H2,(H,20,26)(H,21,22). The monoisotopic (exact) mass is 357 g/mol. The molecule has 1 atom stereocenters. The topological polar surface area (TPSA) is 101 Å². The highest BCUT2D eigenvalue weighted by atomic mass is 16.2. The summed E-state index contributed by atoms with van der Waals surface area (Å²) in [6, 6.07) is 0. The Morgan fingerprint density at radius 3 is 3.08 bits per heavy atom. The van der Waals surface area contributed by atoms with Crippen LogP contribution in [0.5, 0.6) is 0 Å². The van der Waals surface area contributed by atoms with Gasteiger partial charge in [-0.3, -0.25) is 14.6 Å². The zero-order chi connectivity index (χ0) is 17.8. The van der Waals surface area contributed by atoms with Crippen LogP contribution in [-0.4, -0.2) is 44.2 Å². The molecule has 2 aliphatic rings. The van der Waals surface area contributed by atoms with Crippen LogP contribution in [0, 0.1) is 5.92 Å². The summed E-state index contributed by atoms with van der Waals surface area (Å²) in [6.07, 6.45) is 9.89. The van der Waals surface area contributed by atoms with Crippen LogP contribution < -0.4 is 10.6 Å². The average molecular weight is 357 g/mol. The van der Waals surface area contributed by atoms with Gasteiger partial charge in [0, 0.05) is 12.2 Å². The summed E-state index contributed by atoms with van der Waals surface area (Å²) in [5, 5.41) is 22.0. The summed E-state index contributed by atoms with van der Waals surface area (Å²) >= 11 is 0. The Kier molecular flexibility index (Phi) is 5.29. The van der Waals surface area contributed by atoms with E-state index in [1.54, 1.807) is 10.9 Å². The van der Waals surface area contributed by atoms with Crippen molar-refractivity contribution < 1.29 is 4.79 Å². The van der Waals surface area contributed by atoms with Crippen molar-refractivity contribution in [3.8, 4) is 0 Å². The average Bonchev–Trinajstić information content (AvgIpc) is 3.21. The van der Waals surface area contributed by atoms with Gasteiger partial charge in [-0.25, -0.2) is 0 Å². The molecule has 26 heavy (non-hydrogen) atoms. The predicted octanol–water partition coefficient (Wildman–Crippen LogP) is 1.20. The van der Waals surface area contributed by atoms with E-state index < -0.39 is 0 Å². The van der Waals surface area contributed by atoms with E-state index in [1.165, 1.54) is 43.4 Å². The molecule has 1 fully saturated rings. The first kappa shape index (κ1) is 17.2. The minimum Gasteiger partial charge on any atom is -0.345 e. The maximum atomic E-state index is 12.4. The molecule has 0 saturated carbocycles. The van der Waals surface area contributed by atoms with Crippen molar-refractivity contribution in [1.82, 2.24) is 35.8 Å². The molecule has 1 unspecified atom stereocenters. The van der Waals surface area contributed by atoms with Gasteiger partial charge in [0.2, 0.25) is 0 Å². The summed E-state index contributed by atoms with van der Waals surface area (Å²) in [4.78, 5) is 12.4. The van der Waals surface area contributed by atoms with Crippen LogP contribution in [0.1, 0.15) is 59.5 Å². The number of fused-ring (bicyclic) bond motifs is 1.